The van der Waals surface area contributed by atoms with E-state index in [0.717, 1.165) is 131 Å². The van der Waals surface area contributed by atoms with Gasteiger partial charge < -0.3 is 24.6 Å². The minimum Gasteiger partial charge on any atom is -0.494 e. The van der Waals surface area contributed by atoms with E-state index in [1.54, 1.807) is 6.20 Å². The lowest BCUT2D eigenvalue weighted by molar-refractivity contribution is 0.224. The van der Waals surface area contributed by atoms with Crippen molar-refractivity contribution < 1.29 is 9.47 Å². The third-order valence-electron chi connectivity index (χ3n) is 9.49. The fourth-order valence-electron chi connectivity index (χ4n) is 6.50. The summed E-state index contributed by atoms with van der Waals surface area (Å²) < 4.78 is 11.5. The molecule has 2 N–H and O–H groups in total. The summed E-state index contributed by atoms with van der Waals surface area (Å²) in [5, 5.41) is 14.8. The number of hydrogen-bond donors (Lipinski definition) is 2. The van der Waals surface area contributed by atoms with Gasteiger partial charge in [-0.25, -0.2) is 0 Å². The molecule has 4 aromatic carbocycles. The molecule has 8 rings (SSSR count). The largest absolute Gasteiger partial charge is 0.494 e. The Balaban J connectivity index is 0.000000175. The van der Waals surface area contributed by atoms with Gasteiger partial charge in [-0.05, 0) is 78.6 Å². The van der Waals surface area contributed by atoms with Crippen LogP contribution in [-0.4, -0.2) is 98.8 Å². The average Bonchev–Trinajstić information content (AvgIpc) is 3.89. The predicted molar refractivity (Wildman–Crippen MR) is 242 cm³/mol. The van der Waals surface area contributed by atoms with Gasteiger partial charge in [-0.2, -0.15) is 5.10 Å². The number of aliphatic imine (C=N–C) groups is 1. The van der Waals surface area contributed by atoms with Crippen molar-refractivity contribution in [2.24, 2.45) is 4.99 Å². The van der Waals surface area contributed by atoms with Gasteiger partial charge in [0.25, 0.3) is 0 Å². The number of aromatic amines is 1. The maximum atomic E-state index is 6.35. The van der Waals surface area contributed by atoms with Crippen molar-refractivity contribution >= 4 is 103 Å². The number of benzene rings is 4. The number of hydrogen-bond acceptors (Lipinski definition) is 8. The van der Waals surface area contributed by atoms with E-state index in [9.17, 15) is 0 Å². The van der Waals surface area contributed by atoms with Gasteiger partial charge >= 0.3 is 0 Å². The molecule has 3 aliphatic heterocycles. The number of alkyl halides is 1. The van der Waals surface area contributed by atoms with Crippen LogP contribution in [0, 0.1) is 0 Å². The van der Waals surface area contributed by atoms with Crippen LogP contribution in [0.15, 0.2) is 84.0 Å². The summed E-state index contributed by atoms with van der Waals surface area (Å²) in [4.78, 5) is 11.3. The van der Waals surface area contributed by atoms with Crippen molar-refractivity contribution in [1.82, 2.24) is 20.4 Å². The zero-order valence-corrected chi connectivity index (χ0v) is 36.5. The summed E-state index contributed by atoms with van der Waals surface area (Å²) in [5.74, 6) is 1.84. The first-order valence-electron chi connectivity index (χ1n) is 18.6. The summed E-state index contributed by atoms with van der Waals surface area (Å²) in [5.41, 5.74) is 5.55. The summed E-state index contributed by atoms with van der Waals surface area (Å²) in [7, 11) is 0. The highest BCUT2D eigenvalue weighted by molar-refractivity contribution is 9.09. The van der Waals surface area contributed by atoms with Gasteiger partial charge in [0.15, 0.2) is 0 Å². The Kier molecular flexibility index (Phi) is 18.0. The molecule has 0 amide bonds. The van der Waals surface area contributed by atoms with Gasteiger partial charge in [-0.3, -0.25) is 15.0 Å². The van der Waals surface area contributed by atoms with Gasteiger partial charge in [0.1, 0.15) is 11.5 Å². The number of H-pyrrole nitrogens is 1. The molecule has 2 saturated heterocycles. The minimum absolute atomic E-state index is 0. The van der Waals surface area contributed by atoms with E-state index >= 15 is 0 Å². The number of piperazine rings is 2. The van der Waals surface area contributed by atoms with E-state index in [2.05, 4.69) is 63.3 Å². The molecule has 15 heteroatoms. The molecule has 0 saturated carbocycles. The summed E-state index contributed by atoms with van der Waals surface area (Å²) in [6.45, 7) is 11.3. The fourth-order valence-corrected chi connectivity index (χ4v) is 7.56. The van der Waals surface area contributed by atoms with E-state index in [1.165, 1.54) is 11.1 Å². The molecule has 5 aromatic rings. The number of nitrogens with one attached hydrogen (secondary N) is 2. The monoisotopic (exact) mass is 923 g/mol. The molecular weight excluding hydrogens is 880 g/mol. The van der Waals surface area contributed by atoms with Gasteiger partial charge in [0.2, 0.25) is 0 Å². The molecule has 0 unspecified atom stereocenters. The molecule has 0 spiro atoms. The lowest BCUT2D eigenvalue weighted by Crippen LogP contribution is -2.46. The number of halogens is 6. The molecule has 0 atom stereocenters. The molecular formula is C41H47BrCl5N7O2. The standard InChI is InChI=1S/C21H23Cl2N3O.C10H11BrN2O.C10H12Cl2N2.ClH/c22-19-3-1-4-20(21(19)23)26-10-8-25(9-11-26)7-2-12-27-18-6-5-16-14-24-15-17(16)13-18;11-4-1-5-14-9-3-2-8-7-12-13-10(8)6-9;11-8-2-1-3-9(10(8)12)14-6-4-13-5-7-14;/h1,3-6,13-14H,2,7-12,15H2;2-3,6-7H,1,4-5H2,(H,12,13);1-3,13H,4-7H2;1H. The molecule has 0 aliphatic carbocycles. The summed E-state index contributed by atoms with van der Waals surface area (Å²) >= 11 is 27.9. The lowest BCUT2D eigenvalue weighted by atomic mass is 10.1. The van der Waals surface area contributed by atoms with Crippen molar-refractivity contribution in [3.8, 4) is 11.5 Å². The second kappa shape index (κ2) is 22.9. The van der Waals surface area contributed by atoms with E-state index < -0.39 is 0 Å². The number of nitrogens with zero attached hydrogens (tertiary/aromatic N) is 5. The highest BCUT2D eigenvalue weighted by Gasteiger charge is 2.20. The summed E-state index contributed by atoms with van der Waals surface area (Å²) in [6, 6.07) is 23.8. The number of anilines is 2. The number of fused-ring (bicyclic) bond motifs is 2. The molecule has 300 valence electrons. The lowest BCUT2D eigenvalue weighted by Gasteiger charge is -2.36. The van der Waals surface area contributed by atoms with Crippen LogP contribution in [0.1, 0.15) is 24.0 Å². The first kappa shape index (κ1) is 44.2. The average molecular weight is 927 g/mol. The molecule has 56 heavy (non-hydrogen) atoms. The topological polar surface area (TPSA) is 81.2 Å². The third-order valence-corrected chi connectivity index (χ3v) is 11.7. The SMILES string of the molecule is BrCCCOc1ccc2cn[nH]c2c1.Cl.Clc1cccc(N2CCN(CCCOc3ccc4c(c3)CN=C4)CC2)c1Cl.Clc1cccc(N2CCNCC2)c1Cl. The van der Waals surface area contributed by atoms with Crippen molar-refractivity contribution in [3.63, 3.8) is 0 Å². The molecule has 4 heterocycles. The Morgan fingerprint density at radius 2 is 1.34 bits per heavy atom. The normalized spacial score (nSPS) is 14.9. The number of aromatic nitrogens is 2. The first-order chi connectivity index (χ1) is 26.9. The van der Waals surface area contributed by atoms with Crippen molar-refractivity contribution in [3.05, 3.63) is 110 Å². The quantitative estimate of drug-likeness (QED) is 0.101. The van der Waals surface area contributed by atoms with Crippen LogP contribution in [0.4, 0.5) is 11.4 Å². The fraction of sp³-hybridized carbons (Fsp3) is 0.366. The highest BCUT2D eigenvalue weighted by Crippen LogP contribution is 2.34. The Labute approximate surface area is 364 Å². The van der Waals surface area contributed by atoms with Crippen LogP contribution in [0.25, 0.3) is 10.9 Å². The first-order valence-corrected chi connectivity index (χ1v) is 21.2. The van der Waals surface area contributed by atoms with Gasteiger partial charge in [0.05, 0.1) is 62.9 Å². The molecule has 9 nitrogen and oxygen atoms in total. The van der Waals surface area contributed by atoms with Crippen molar-refractivity contribution in [2.45, 2.75) is 19.4 Å². The van der Waals surface area contributed by atoms with Crippen molar-refractivity contribution in [1.29, 1.82) is 0 Å². The van der Waals surface area contributed by atoms with Crippen molar-refractivity contribution in [2.75, 3.05) is 87.2 Å². The molecule has 0 bridgehead atoms. The predicted octanol–water partition coefficient (Wildman–Crippen LogP) is 10.1. The maximum Gasteiger partial charge on any atom is 0.121 e. The van der Waals surface area contributed by atoms with Crippen LogP contribution >= 0.6 is 74.7 Å². The Morgan fingerprint density at radius 1 is 0.714 bits per heavy atom. The van der Waals surface area contributed by atoms with Gasteiger partial charge in [-0.1, -0.05) is 74.5 Å². The minimum atomic E-state index is 0. The zero-order chi connectivity index (χ0) is 38.4. The zero-order valence-electron chi connectivity index (χ0n) is 31.0. The van der Waals surface area contributed by atoms with E-state index in [-0.39, 0.29) is 12.4 Å². The van der Waals surface area contributed by atoms with Crippen LogP contribution in [0.5, 0.6) is 11.5 Å². The van der Waals surface area contributed by atoms with E-state index in [4.69, 9.17) is 55.9 Å². The highest BCUT2D eigenvalue weighted by atomic mass is 79.9. The van der Waals surface area contributed by atoms with Crippen LogP contribution in [0.2, 0.25) is 20.1 Å². The molecule has 2 fully saturated rings. The Bertz CT molecular complexity index is 2000. The Morgan fingerprint density at radius 3 is 2.02 bits per heavy atom. The van der Waals surface area contributed by atoms with E-state index in [0.29, 0.717) is 20.1 Å². The number of rotatable bonds is 11. The molecule has 1 aromatic heterocycles. The van der Waals surface area contributed by atoms with Gasteiger partial charge in [0, 0.05) is 81.9 Å². The second-order valence-electron chi connectivity index (χ2n) is 13.3. The van der Waals surface area contributed by atoms with Crippen LogP contribution in [-0.2, 0) is 6.54 Å². The van der Waals surface area contributed by atoms with Crippen LogP contribution < -0.4 is 24.6 Å². The maximum absolute atomic E-state index is 6.35. The summed E-state index contributed by atoms with van der Waals surface area (Å²) in [6.07, 6.45) is 5.76. The third kappa shape index (κ3) is 12.5. The van der Waals surface area contributed by atoms with Crippen LogP contribution in [0.3, 0.4) is 0 Å². The van der Waals surface area contributed by atoms with E-state index in [1.807, 2.05) is 66.9 Å². The van der Waals surface area contributed by atoms with Gasteiger partial charge in [-0.15, -0.1) is 12.4 Å². The Hall–Kier alpha value is -2.93. The number of ether oxygens (including phenoxy) is 2. The molecule has 3 aliphatic rings. The smallest absolute Gasteiger partial charge is 0.121 e. The molecule has 0 radical (unpaired) electrons. The second-order valence-corrected chi connectivity index (χ2v) is 15.6.